The Balaban J connectivity index is 1.34. The van der Waals surface area contributed by atoms with E-state index in [4.69, 9.17) is 9.47 Å². The Morgan fingerprint density at radius 1 is 0.947 bits per heavy atom. The molecule has 0 aliphatic carbocycles. The number of nitro groups is 1. The van der Waals surface area contributed by atoms with Crippen LogP contribution in [-0.2, 0) is 4.79 Å². The van der Waals surface area contributed by atoms with Crippen LogP contribution in [0.3, 0.4) is 0 Å². The van der Waals surface area contributed by atoms with Gasteiger partial charge in [0.1, 0.15) is 0 Å². The number of carbonyl (C=O) groups is 2. The number of amides is 1. The number of fused-ring (bicyclic) bond motifs is 1. The second-order valence-electron chi connectivity index (χ2n) is 8.04. The van der Waals surface area contributed by atoms with E-state index in [1.807, 2.05) is 42.5 Å². The van der Waals surface area contributed by atoms with Gasteiger partial charge in [0.15, 0.2) is 11.5 Å². The van der Waals surface area contributed by atoms with E-state index in [2.05, 4.69) is 15.8 Å². The van der Waals surface area contributed by atoms with Crippen LogP contribution in [0, 0.1) is 10.1 Å². The molecule has 2 N–H and O–H groups in total. The van der Waals surface area contributed by atoms with Crippen molar-refractivity contribution >= 4 is 40.2 Å². The standard InChI is InChI=1S/C28H24N4O6/c1-2-37-26-15-19(7-14-25(26)38-28(34)21-9-12-24(13-10-21)32(35)36)17-30-31-27(33)18-29-23-11-8-20-5-3-4-6-22(20)16-23/h3-17,29H,2,18H2,1H3,(H,31,33)/b30-17-. The Labute approximate surface area is 218 Å². The Kier molecular flexibility index (Phi) is 8.25. The highest BCUT2D eigenvalue weighted by Crippen LogP contribution is 2.29. The fraction of sp³-hybridized carbons (Fsp3) is 0.107. The lowest BCUT2D eigenvalue weighted by molar-refractivity contribution is -0.384. The summed E-state index contributed by atoms with van der Waals surface area (Å²) in [6.07, 6.45) is 1.44. The zero-order chi connectivity index (χ0) is 26.9. The number of hydrazone groups is 1. The summed E-state index contributed by atoms with van der Waals surface area (Å²) in [5, 5.41) is 20.0. The average molecular weight is 513 g/mol. The number of benzene rings is 4. The molecule has 0 atom stereocenters. The van der Waals surface area contributed by atoms with E-state index in [9.17, 15) is 19.7 Å². The number of rotatable bonds is 10. The van der Waals surface area contributed by atoms with Crippen molar-refractivity contribution < 1.29 is 24.0 Å². The van der Waals surface area contributed by atoms with Crippen molar-refractivity contribution in [3.05, 3.63) is 106 Å². The number of anilines is 1. The molecule has 0 aliphatic rings. The molecule has 0 radical (unpaired) electrons. The molecular weight excluding hydrogens is 488 g/mol. The summed E-state index contributed by atoms with van der Waals surface area (Å²) in [6.45, 7) is 2.14. The topological polar surface area (TPSA) is 132 Å². The molecule has 0 spiro atoms. The third kappa shape index (κ3) is 6.70. The van der Waals surface area contributed by atoms with Gasteiger partial charge in [0.2, 0.25) is 0 Å². The summed E-state index contributed by atoms with van der Waals surface area (Å²) in [5.74, 6) is -0.534. The van der Waals surface area contributed by atoms with Gasteiger partial charge >= 0.3 is 5.97 Å². The Morgan fingerprint density at radius 2 is 1.71 bits per heavy atom. The molecule has 4 rings (SSSR count). The summed E-state index contributed by atoms with van der Waals surface area (Å²) in [4.78, 5) is 34.9. The van der Waals surface area contributed by atoms with E-state index in [0.717, 1.165) is 16.5 Å². The van der Waals surface area contributed by atoms with E-state index < -0.39 is 10.9 Å². The van der Waals surface area contributed by atoms with Crippen molar-refractivity contribution in [2.75, 3.05) is 18.5 Å². The molecule has 4 aromatic rings. The fourth-order valence-electron chi connectivity index (χ4n) is 3.54. The smallest absolute Gasteiger partial charge is 0.343 e. The first-order valence-corrected chi connectivity index (χ1v) is 11.7. The van der Waals surface area contributed by atoms with Gasteiger partial charge < -0.3 is 14.8 Å². The van der Waals surface area contributed by atoms with Crippen LogP contribution in [0.2, 0.25) is 0 Å². The maximum absolute atomic E-state index is 12.5. The Bertz CT molecular complexity index is 1500. The van der Waals surface area contributed by atoms with E-state index in [0.29, 0.717) is 17.9 Å². The van der Waals surface area contributed by atoms with Crippen LogP contribution in [0.15, 0.2) is 90.0 Å². The first-order valence-electron chi connectivity index (χ1n) is 11.7. The third-order valence-electron chi connectivity index (χ3n) is 5.39. The molecule has 0 aliphatic heterocycles. The van der Waals surface area contributed by atoms with Crippen LogP contribution in [0.25, 0.3) is 10.8 Å². The van der Waals surface area contributed by atoms with Crippen molar-refractivity contribution in [2.45, 2.75) is 6.92 Å². The molecule has 38 heavy (non-hydrogen) atoms. The molecule has 0 bridgehead atoms. The molecule has 192 valence electrons. The Hall–Kier alpha value is -5.25. The zero-order valence-electron chi connectivity index (χ0n) is 20.4. The normalized spacial score (nSPS) is 10.8. The molecule has 1 amide bonds. The van der Waals surface area contributed by atoms with Crippen molar-refractivity contribution in [1.82, 2.24) is 5.43 Å². The number of nitrogens with zero attached hydrogens (tertiary/aromatic N) is 2. The first-order chi connectivity index (χ1) is 18.4. The van der Waals surface area contributed by atoms with E-state index in [1.54, 1.807) is 25.1 Å². The largest absolute Gasteiger partial charge is 0.490 e. The molecule has 10 nitrogen and oxygen atoms in total. The predicted octanol–water partition coefficient (Wildman–Crippen LogP) is 4.93. The minimum Gasteiger partial charge on any atom is -0.490 e. The van der Waals surface area contributed by atoms with Gasteiger partial charge in [-0.25, -0.2) is 10.2 Å². The Morgan fingerprint density at radius 3 is 2.45 bits per heavy atom. The van der Waals surface area contributed by atoms with Gasteiger partial charge in [0, 0.05) is 17.8 Å². The number of esters is 1. The van der Waals surface area contributed by atoms with Gasteiger partial charge in [-0.1, -0.05) is 30.3 Å². The molecule has 0 unspecified atom stereocenters. The van der Waals surface area contributed by atoms with Crippen LogP contribution < -0.4 is 20.2 Å². The van der Waals surface area contributed by atoms with E-state index in [-0.39, 0.29) is 29.5 Å². The van der Waals surface area contributed by atoms with Crippen LogP contribution in [-0.4, -0.2) is 36.2 Å². The predicted molar refractivity (Wildman–Crippen MR) is 144 cm³/mol. The molecular formula is C28H24N4O6. The zero-order valence-corrected chi connectivity index (χ0v) is 20.4. The fourth-order valence-corrected chi connectivity index (χ4v) is 3.54. The molecule has 10 heteroatoms. The van der Waals surface area contributed by atoms with Gasteiger partial charge in [-0.05, 0) is 65.7 Å². The number of ether oxygens (including phenoxy) is 2. The number of non-ortho nitro benzene ring substituents is 1. The quantitative estimate of drug-likeness (QED) is 0.101. The monoisotopic (exact) mass is 512 g/mol. The van der Waals surface area contributed by atoms with Gasteiger partial charge in [-0.2, -0.15) is 5.10 Å². The van der Waals surface area contributed by atoms with E-state index in [1.165, 1.54) is 30.5 Å². The summed E-state index contributed by atoms with van der Waals surface area (Å²) in [7, 11) is 0. The summed E-state index contributed by atoms with van der Waals surface area (Å²) in [5.41, 5.74) is 3.92. The molecule has 0 saturated heterocycles. The summed E-state index contributed by atoms with van der Waals surface area (Å²) in [6, 6.07) is 23.7. The second kappa shape index (κ2) is 12.1. The van der Waals surface area contributed by atoms with Crippen LogP contribution >= 0.6 is 0 Å². The first kappa shape index (κ1) is 25.8. The second-order valence-corrected chi connectivity index (χ2v) is 8.04. The minimum absolute atomic E-state index is 0.0391. The van der Waals surface area contributed by atoms with Crippen molar-refractivity contribution in [1.29, 1.82) is 0 Å². The van der Waals surface area contributed by atoms with Crippen LogP contribution in [0.5, 0.6) is 11.5 Å². The minimum atomic E-state index is -0.687. The van der Waals surface area contributed by atoms with Crippen molar-refractivity contribution in [2.24, 2.45) is 5.10 Å². The van der Waals surface area contributed by atoms with E-state index >= 15 is 0 Å². The highest BCUT2D eigenvalue weighted by Gasteiger charge is 2.15. The SMILES string of the molecule is CCOc1cc(/C=N\NC(=O)CNc2ccc3ccccc3c2)ccc1OC(=O)c1ccc([N+](=O)[O-])cc1. The number of hydrogen-bond acceptors (Lipinski definition) is 8. The lowest BCUT2D eigenvalue weighted by Gasteiger charge is -2.11. The average Bonchev–Trinajstić information content (AvgIpc) is 2.93. The lowest BCUT2D eigenvalue weighted by Crippen LogP contribution is -2.25. The van der Waals surface area contributed by atoms with Crippen molar-refractivity contribution in [3.8, 4) is 11.5 Å². The number of carbonyl (C=O) groups excluding carboxylic acids is 2. The number of nitrogens with one attached hydrogen (secondary N) is 2. The van der Waals surface area contributed by atoms with Crippen LogP contribution in [0.1, 0.15) is 22.8 Å². The van der Waals surface area contributed by atoms with Gasteiger partial charge in [0.05, 0.1) is 29.9 Å². The number of hydrogen-bond donors (Lipinski definition) is 2. The molecule has 0 saturated carbocycles. The van der Waals surface area contributed by atoms with Gasteiger partial charge in [-0.3, -0.25) is 14.9 Å². The lowest BCUT2D eigenvalue weighted by atomic mass is 10.1. The molecule has 0 aromatic heterocycles. The molecule has 0 heterocycles. The molecule has 4 aromatic carbocycles. The van der Waals surface area contributed by atoms with Crippen molar-refractivity contribution in [3.63, 3.8) is 0 Å². The van der Waals surface area contributed by atoms with Gasteiger partial charge in [0.25, 0.3) is 11.6 Å². The summed E-state index contributed by atoms with van der Waals surface area (Å²) >= 11 is 0. The number of nitro benzene ring substituents is 1. The highest BCUT2D eigenvalue weighted by molar-refractivity contribution is 5.92. The van der Waals surface area contributed by atoms with Crippen LogP contribution in [0.4, 0.5) is 11.4 Å². The third-order valence-corrected chi connectivity index (χ3v) is 5.39. The maximum atomic E-state index is 12.5. The highest BCUT2D eigenvalue weighted by atomic mass is 16.6. The molecule has 0 fully saturated rings. The maximum Gasteiger partial charge on any atom is 0.343 e. The van der Waals surface area contributed by atoms with Gasteiger partial charge in [-0.15, -0.1) is 0 Å². The summed E-state index contributed by atoms with van der Waals surface area (Å²) < 4.78 is 11.0.